The number of halogens is 1. The molecule has 0 aliphatic heterocycles. The Morgan fingerprint density at radius 3 is 2.65 bits per heavy atom. The SMILES string of the molecule is Cc1cccc(CNc2cnc(C(=O)Nc3cc(Cl)ccc3C)cn2)c1. The second-order valence-electron chi connectivity index (χ2n) is 6.04. The first-order valence-corrected chi connectivity index (χ1v) is 8.58. The number of nitrogens with zero attached hydrogens (tertiary/aromatic N) is 2. The molecule has 0 aliphatic rings. The molecule has 1 aromatic heterocycles. The summed E-state index contributed by atoms with van der Waals surface area (Å²) < 4.78 is 0. The number of hydrogen-bond donors (Lipinski definition) is 2. The molecule has 3 aromatic rings. The van der Waals surface area contributed by atoms with Gasteiger partial charge in [-0.05, 0) is 37.1 Å². The van der Waals surface area contributed by atoms with Crippen molar-refractivity contribution in [3.8, 4) is 0 Å². The lowest BCUT2D eigenvalue weighted by Gasteiger charge is -2.09. The van der Waals surface area contributed by atoms with Crippen molar-refractivity contribution in [1.82, 2.24) is 9.97 Å². The van der Waals surface area contributed by atoms with Crippen LogP contribution in [0, 0.1) is 13.8 Å². The first-order chi connectivity index (χ1) is 12.5. The summed E-state index contributed by atoms with van der Waals surface area (Å²) in [5.41, 5.74) is 4.19. The fraction of sp³-hybridized carbons (Fsp3) is 0.150. The Bertz CT molecular complexity index is 925. The summed E-state index contributed by atoms with van der Waals surface area (Å²) in [6, 6.07) is 13.6. The van der Waals surface area contributed by atoms with Gasteiger partial charge in [-0.2, -0.15) is 0 Å². The average molecular weight is 367 g/mol. The number of anilines is 2. The molecule has 0 fully saturated rings. The normalized spacial score (nSPS) is 10.4. The quantitative estimate of drug-likeness (QED) is 0.691. The van der Waals surface area contributed by atoms with Gasteiger partial charge < -0.3 is 10.6 Å². The van der Waals surface area contributed by atoms with Crippen LogP contribution in [0.1, 0.15) is 27.2 Å². The van der Waals surface area contributed by atoms with Crippen molar-refractivity contribution >= 4 is 29.0 Å². The van der Waals surface area contributed by atoms with Crippen LogP contribution in [0.3, 0.4) is 0 Å². The molecule has 0 spiro atoms. The molecular weight excluding hydrogens is 348 g/mol. The summed E-state index contributed by atoms with van der Waals surface area (Å²) in [5.74, 6) is 0.287. The largest absolute Gasteiger partial charge is 0.365 e. The number of rotatable bonds is 5. The molecule has 1 amide bonds. The highest BCUT2D eigenvalue weighted by atomic mass is 35.5. The molecule has 5 nitrogen and oxygen atoms in total. The maximum Gasteiger partial charge on any atom is 0.275 e. The Labute approximate surface area is 157 Å². The van der Waals surface area contributed by atoms with Gasteiger partial charge in [-0.3, -0.25) is 4.79 Å². The van der Waals surface area contributed by atoms with Crippen LogP contribution in [0.4, 0.5) is 11.5 Å². The van der Waals surface area contributed by atoms with Crippen LogP contribution in [-0.2, 0) is 6.54 Å². The third-order valence-corrected chi connectivity index (χ3v) is 4.12. The number of carbonyl (C=O) groups is 1. The summed E-state index contributed by atoms with van der Waals surface area (Å²) in [6.07, 6.45) is 3.00. The van der Waals surface area contributed by atoms with E-state index in [9.17, 15) is 4.79 Å². The van der Waals surface area contributed by atoms with E-state index in [2.05, 4.69) is 39.7 Å². The van der Waals surface area contributed by atoms with Crippen molar-refractivity contribution in [2.45, 2.75) is 20.4 Å². The first-order valence-electron chi connectivity index (χ1n) is 8.20. The maximum absolute atomic E-state index is 12.3. The summed E-state index contributed by atoms with van der Waals surface area (Å²) in [6.45, 7) is 4.60. The van der Waals surface area contributed by atoms with Gasteiger partial charge in [0.25, 0.3) is 5.91 Å². The monoisotopic (exact) mass is 366 g/mol. The van der Waals surface area contributed by atoms with E-state index in [1.54, 1.807) is 18.3 Å². The second-order valence-corrected chi connectivity index (χ2v) is 6.48. The molecule has 0 saturated heterocycles. The second kappa shape index (κ2) is 7.97. The molecular formula is C20H19ClN4O. The third-order valence-electron chi connectivity index (χ3n) is 3.89. The minimum absolute atomic E-state index is 0.241. The van der Waals surface area contributed by atoms with Gasteiger partial charge in [0, 0.05) is 17.3 Å². The summed E-state index contributed by atoms with van der Waals surface area (Å²) >= 11 is 5.97. The van der Waals surface area contributed by atoms with Crippen LogP contribution in [-0.4, -0.2) is 15.9 Å². The molecule has 0 atom stereocenters. The van der Waals surface area contributed by atoms with Crippen molar-refractivity contribution in [3.05, 3.63) is 82.3 Å². The van der Waals surface area contributed by atoms with Crippen molar-refractivity contribution in [3.63, 3.8) is 0 Å². The molecule has 2 N–H and O–H groups in total. The lowest BCUT2D eigenvalue weighted by atomic mass is 10.1. The van der Waals surface area contributed by atoms with Gasteiger partial charge in [0.15, 0.2) is 0 Å². The molecule has 3 rings (SSSR count). The molecule has 2 aromatic carbocycles. The lowest BCUT2D eigenvalue weighted by molar-refractivity contribution is 0.102. The summed E-state index contributed by atoms with van der Waals surface area (Å²) in [4.78, 5) is 20.8. The Hall–Kier alpha value is -2.92. The third kappa shape index (κ3) is 4.58. The van der Waals surface area contributed by atoms with Gasteiger partial charge >= 0.3 is 0 Å². The molecule has 26 heavy (non-hydrogen) atoms. The van der Waals surface area contributed by atoms with Crippen molar-refractivity contribution < 1.29 is 4.79 Å². The highest BCUT2D eigenvalue weighted by molar-refractivity contribution is 6.31. The van der Waals surface area contributed by atoms with Gasteiger partial charge in [-0.25, -0.2) is 9.97 Å². The number of nitrogens with one attached hydrogen (secondary N) is 2. The van der Waals surface area contributed by atoms with Crippen LogP contribution in [0.25, 0.3) is 0 Å². The zero-order chi connectivity index (χ0) is 18.5. The van der Waals surface area contributed by atoms with E-state index in [-0.39, 0.29) is 11.6 Å². The number of aromatic nitrogens is 2. The summed E-state index contributed by atoms with van der Waals surface area (Å²) in [7, 11) is 0. The molecule has 0 saturated carbocycles. The van der Waals surface area contributed by atoms with Gasteiger partial charge in [0.05, 0.1) is 12.4 Å². The Morgan fingerprint density at radius 2 is 1.92 bits per heavy atom. The minimum atomic E-state index is -0.326. The van der Waals surface area contributed by atoms with Crippen LogP contribution in [0.2, 0.25) is 5.02 Å². The Balaban J connectivity index is 1.63. The Morgan fingerprint density at radius 1 is 1.08 bits per heavy atom. The average Bonchev–Trinajstić information content (AvgIpc) is 2.63. The maximum atomic E-state index is 12.3. The molecule has 1 heterocycles. The van der Waals surface area contributed by atoms with Gasteiger partial charge in [0.1, 0.15) is 11.5 Å². The van der Waals surface area contributed by atoms with Gasteiger partial charge in [-0.1, -0.05) is 47.5 Å². The van der Waals surface area contributed by atoms with Crippen LogP contribution in [0.5, 0.6) is 0 Å². The van der Waals surface area contributed by atoms with Crippen LogP contribution >= 0.6 is 11.6 Å². The van der Waals surface area contributed by atoms with Crippen LogP contribution in [0.15, 0.2) is 54.9 Å². The van der Waals surface area contributed by atoms with E-state index in [1.807, 2.05) is 25.1 Å². The zero-order valence-corrected chi connectivity index (χ0v) is 15.3. The first kappa shape index (κ1) is 17.9. The number of hydrogen-bond acceptors (Lipinski definition) is 4. The van der Waals surface area contributed by atoms with E-state index in [4.69, 9.17) is 11.6 Å². The predicted molar refractivity (Wildman–Crippen MR) is 105 cm³/mol. The number of amides is 1. The van der Waals surface area contributed by atoms with Crippen LogP contribution < -0.4 is 10.6 Å². The number of aryl methyl sites for hydroxylation is 2. The van der Waals surface area contributed by atoms with Gasteiger partial charge in [0.2, 0.25) is 0 Å². The van der Waals surface area contributed by atoms with E-state index in [0.717, 1.165) is 11.1 Å². The number of carbonyl (C=O) groups excluding carboxylic acids is 1. The molecule has 6 heteroatoms. The minimum Gasteiger partial charge on any atom is -0.365 e. The standard InChI is InChI=1S/C20H19ClN4O/c1-13-4-3-5-15(8-13)10-23-19-12-22-18(11-24-19)20(26)25-17-9-16(21)7-6-14(17)2/h3-9,11-12H,10H2,1-2H3,(H,23,24)(H,25,26). The van der Waals surface area contributed by atoms with E-state index in [1.165, 1.54) is 11.8 Å². The van der Waals surface area contributed by atoms with Crippen molar-refractivity contribution in [2.24, 2.45) is 0 Å². The fourth-order valence-corrected chi connectivity index (χ4v) is 2.64. The van der Waals surface area contributed by atoms with Crippen molar-refractivity contribution in [2.75, 3.05) is 10.6 Å². The van der Waals surface area contributed by atoms with E-state index in [0.29, 0.717) is 23.1 Å². The zero-order valence-electron chi connectivity index (χ0n) is 14.6. The fourth-order valence-electron chi connectivity index (χ4n) is 2.47. The number of benzene rings is 2. The molecule has 0 unspecified atom stereocenters. The predicted octanol–water partition coefficient (Wildman–Crippen LogP) is 4.61. The summed E-state index contributed by atoms with van der Waals surface area (Å²) in [5, 5.41) is 6.57. The molecule has 0 radical (unpaired) electrons. The van der Waals surface area contributed by atoms with Gasteiger partial charge in [-0.15, -0.1) is 0 Å². The van der Waals surface area contributed by atoms with E-state index >= 15 is 0 Å². The smallest absolute Gasteiger partial charge is 0.275 e. The highest BCUT2D eigenvalue weighted by Crippen LogP contribution is 2.20. The highest BCUT2D eigenvalue weighted by Gasteiger charge is 2.10. The topological polar surface area (TPSA) is 66.9 Å². The Kier molecular flexibility index (Phi) is 5.49. The van der Waals surface area contributed by atoms with E-state index < -0.39 is 0 Å². The molecule has 0 bridgehead atoms. The lowest BCUT2D eigenvalue weighted by Crippen LogP contribution is -2.15. The molecule has 0 aliphatic carbocycles. The van der Waals surface area contributed by atoms with Crippen molar-refractivity contribution in [1.29, 1.82) is 0 Å². The molecule has 132 valence electrons.